The molecule has 104 valence electrons. The highest BCUT2D eigenvalue weighted by molar-refractivity contribution is 5.97. The van der Waals surface area contributed by atoms with E-state index in [4.69, 9.17) is 9.47 Å². The fraction of sp³-hybridized carbons (Fsp3) is 0.385. The first kappa shape index (κ1) is 14.8. The number of hydrogen-bond donors (Lipinski definition) is 2. The van der Waals surface area contributed by atoms with E-state index in [9.17, 15) is 14.7 Å². The molecule has 1 unspecified atom stereocenters. The van der Waals surface area contributed by atoms with Crippen molar-refractivity contribution in [2.24, 2.45) is 0 Å². The van der Waals surface area contributed by atoms with Gasteiger partial charge >= 0.3 is 5.97 Å². The number of benzene rings is 1. The molecular weight excluding hydrogens is 250 g/mol. The second-order valence-corrected chi connectivity index (χ2v) is 3.83. The first-order chi connectivity index (χ1) is 8.99. The third-order valence-corrected chi connectivity index (χ3v) is 2.43. The van der Waals surface area contributed by atoms with E-state index in [1.807, 2.05) is 0 Å². The molecular formula is C13H17NO5. The van der Waals surface area contributed by atoms with Gasteiger partial charge in [-0.1, -0.05) is 0 Å². The lowest BCUT2D eigenvalue weighted by molar-refractivity contribution is -0.144. The first-order valence-electron chi connectivity index (χ1n) is 5.84. The molecule has 1 aromatic rings. The summed E-state index contributed by atoms with van der Waals surface area (Å²) in [6.07, 6.45) is 0. The Kier molecular flexibility index (Phi) is 5.17. The minimum Gasteiger partial charge on any atom is -0.504 e. The molecule has 6 nitrogen and oxygen atoms in total. The zero-order chi connectivity index (χ0) is 14.4. The molecule has 19 heavy (non-hydrogen) atoms. The van der Waals surface area contributed by atoms with E-state index in [2.05, 4.69) is 5.32 Å². The number of methoxy groups -OCH3 is 1. The van der Waals surface area contributed by atoms with Crippen molar-refractivity contribution in [3.8, 4) is 11.5 Å². The number of ether oxygens (including phenoxy) is 2. The molecule has 0 aromatic heterocycles. The van der Waals surface area contributed by atoms with Crippen LogP contribution in [0.15, 0.2) is 18.2 Å². The molecule has 0 heterocycles. The Morgan fingerprint density at radius 2 is 2.11 bits per heavy atom. The molecule has 0 saturated heterocycles. The fourth-order valence-electron chi connectivity index (χ4n) is 1.44. The van der Waals surface area contributed by atoms with E-state index >= 15 is 0 Å². The van der Waals surface area contributed by atoms with E-state index in [1.54, 1.807) is 6.92 Å². The van der Waals surface area contributed by atoms with Crippen molar-refractivity contribution >= 4 is 11.9 Å². The molecule has 0 spiro atoms. The van der Waals surface area contributed by atoms with E-state index in [1.165, 1.54) is 32.2 Å². The summed E-state index contributed by atoms with van der Waals surface area (Å²) in [5, 5.41) is 12.1. The van der Waals surface area contributed by atoms with Crippen LogP contribution in [0.3, 0.4) is 0 Å². The van der Waals surface area contributed by atoms with Gasteiger partial charge in [-0.15, -0.1) is 0 Å². The lowest BCUT2D eigenvalue weighted by Crippen LogP contribution is -2.39. The van der Waals surface area contributed by atoms with Crippen LogP contribution in [0.2, 0.25) is 0 Å². The van der Waals surface area contributed by atoms with Gasteiger partial charge < -0.3 is 19.9 Å². The van der Waals surface area contributed by atoms with Gasteiger partial charge in [-0.05, 0) is 32.0 Å². The van der Waals surface area contributed by atoms with Crippen LogP contribution >= 0.6 is 0 Å². The average Bonchev–Trinajstić information content (AvgIpc) is 2.38. The Bertz CT molecular complexity index is 472. The van der Waals surface area contributed by atoms with Gasteiger partial charge in [0.15, 0.2) is 11.5 Å². The van der Waals surface area contributed by atoms with Gasteiger partial charge in [0.05, 0.1) is 13.7 Å². The van der Waals surface area contributed by atoms with Gasteiger partial charge in [0.25, 0.3) is 5.91 Å². The summed E-state index contributed by atoms with van der Waals surface area (Å²) >= 11 is 0. The predicted molar refractivity (Wildman–Crippen MR) is 68.2 cm³/mol. The largest absolute Gasteiger partial charge is 0.504 e. The lowest BCUT2D eigenvalue weighted by atomic mass is 10.1. The van der Waals surface area contributed by atoms with E-state index < -0.39 is 17.9 Å². The highest BCUT2D eigenvalue weighted by Crippen LogP contribution is 2.26. The highest BCUT2D eigenvalue weighted by Gasteiger charge is 2.18. The van der Waals surface area contributed by atoms with Gasteiger partial charge in [0, 0.05) is 5.56 Å². The lowest BCUT2D eigenvalue weighted by Gasteiger charge is -2.13. The molecule has 0 fully saturated rings. The third-order valence-electron chi connectivity index (χ3n) is 2.43. The zero-order valence-electron chi connectivity index (χ0n) is 11.1. The summed E-state index contributed by atoms with van der Waals surface area (Å²) in [6.45, 7) is 3.47. The molecule has 1 amide bonds. The number of carbonyl (C=O) groups is 2. The topological polar surface area (TPSA) is 84.9 Å². The van der Waals surface area contributed by atoms with Crippen LogP contribution in [0.5, 0.6) is 11.5 Å². The van der Waals surface area contributed by atoms with Crippen molar-refractivity contribution in [1.29, 1.82) is 0 Å². The number of amides is 1. The standard InChI is InChI=1S/C13H17NO5/c1-4-19-13(17)8(2)14-12(16)9-5-6-11(18-3)10(15)7-9/h5-8,15H,4H2,1-3H3,(H,14,16). The van der Waals surface area contributed by atoms with Gasteiger partial charge in [-0.3, -0.25) is 4.79 Å². The van der Waals surface area contributed by atoms with Crippen LogP contribution in [0.4, 0.5) is 0 Å². The summed E-state index contributed by atoms with van der Waals surface area (Å²) in [5.74, 6) is -0.846. The van der Waals surface area contributed by atoms with Crippen LogP contribution in [0, 0.1) is 0 Å². The van der Waals surface area contributed by atoms with Crippen LogP contribution in [0.25, 0.3) is 0 Å². The first-order valence-corrected chi connectivity index (χ1v) is 5.84. The second-order valence-electron chi connectivity index (χ2n) is 3.83. The summed E-state index contributed by atoms with van der Waals surface area (Å²) in [7, 11) is 1.41. The molecule has 0 saturated carbocycles. The van der Waals surface area contributed by atoms with E-state index in [0.29, 0.717) is 0 Å². The molecule has 0 aliphatic rings. The number of carbonyl (C=O) groups excluding carboxylic acids is 2. The maximum atomic E-state index is 11.8. The highest BCUT2D eigenvalue weighted by atomic mass is 16.5. The van der Waals surface area contributed by atoms with Crippen molar-refractivity contribution in [1.82, 2.24) is 5.32 Å². The Hall–Kier alpha value is -2.24. The SMILES string of the molecule is CCOC(=O)C(C)NC(=O)c1ccc(OC)c(O)c1. The minimum absolute atomic E-state index is 0.140. The summed E-state index contributed by atoms with van der Waals surface area (Å²) < 4.78 is 9.65. The molecule has 1 rings (SSSR count). The number of rotatable bonds is 5. The smallest absolute Gasteiger partial charge is 0.328 e. The summed E-state index contributed by atoms with van der Waals surface area (Å²) in [4.78, 5) is 23.2. The Morgan fingerprint density at radius 1 is 1.42 bits per heavy atom. The van der Waals surface area contributed by atoms with E-state index in [-0.39, 0.29) is 23.7 Å². The van der Waals surface area contributed by atoms with Gasteiger partial charge in [0.2, 0.25) is 0 Å². The molecule has 0 aliphatic carbocycles. The minimum atomic E-state index is -0.753. The molecule has 0 bridgehead atoms. The Labute approximate surface area is 111 Å². The van der Waals surface area contributed by atoms with Gasteiger partial charge in [0.1, 0.15) is 6.04 Å². The second kappa shape index (κ2) is 6.63. The fourth-order valence-corrected chi connectivity index (χ4v) is 1.44. The molecule has 1 aromatic carbocycles. The van der Waals surface area contributed by atoms with Crippen molar-refractivity contribution in [3.63, 3.8) is 0 Å². The van der Waals surface area contributed by atoms with Crippen molar-refractivity contribution in [2.75, 3.05) is 13.7 Å². The molecule has 2 N–H and O–H groups in total. The monoisotopic (exact) mass is 267 g/mol. The zero-order valence-corrected chi connectivity index (χ0v) is 11.1. The average molecular weight is 267 g/mol. The molecule has 6 heteroatoms. The summed E-state index contributed by atoms with van der Waals surface area (Å²) in [5.41, 5.74) is 0.231. The molecule has 0 radical (unpaired) electrons. The molecule has 1 atom stereocenters. The maximum Gasteiger partial charge on any atom is 0.328 e. The number of phenols is 1. The maximum absolute atomic E-state index is 11.8. The van der Waals surface area contributed by atoms with Crippen LogP contribution in [-0.4, -0.2) is 36.7 Å². The Morgan fingerprint density at radius 3 is 2.63 bits per heavy atom. The van der Waals surface area contributed by atoms with Crippen molar-refractivity contribution in [2.45, 2.75) is 19.9 Å². The number of phenolic OH excluding ortho intramolecular Hbond substituents is 1. The number of esters is 1. The van der Waals surface area contributed by atoms with Crippen LogP contribution in [0.1, 0.15) is 24.2 Å². The molecule has 0 aliphatic heterocycles. The number of aromatic hydroxyl groups is 1. The van der Waals surface area contributed by atoms with Crippen LogP contribution < -0.4 is 10.1 Å². The van der Waals surface area contributed by atoms with Crippen molar-refractivity contribution < 1.29 is 24.2 Å². The van der Waals surface area contributed by atoms with Gasteiger partial charge in [-0.2, -0.15) is 0 Å². The van der Waals surface area contributed by atoms with Crippen LogP contribution in [-0.2, 0) is 9.53 Å². The van der Waals surface area contributed by atoms with E-state index in [0.717, 1.165) is 0 Å². The normalized spacial score (nSPS) is 11.5. The summed E-state index contributed by atoms with van der Waals surface area (Å²) in [6, 6.07) is 3.48. The van der Waals surface area contributed by atoms with Gasteiger partial charge in [-0.25, -0.2) is 4.79 Å². The number of nitrogens with one attached hydrogen (secondary N) is 1. The van der Waals surface area contributed by atoms with Crippen molar-refractivity contribution in [3.05, 3.63) is 23.8 Å². The predicted octanol–water partition coefficient (Wildman–Crippen LogP) is 1.08. The third kappa shape index (κ3) is 3.87. The number of hydrogen-bond acceptors (Lipinski definition) is 5. The Balaban J connectivity index is 2.73. The quantitative estimate of drug-likeness (QED) is 0.780.